The number of Topliss-reactive ketones (excluding diaryl/α,β-unsaturated/α-hetero) is 1. The van der Waals surface area contributed by atoms with Crippen LogP contribution in [0, 0.1) is 0 Å². The van der Waals surface area contributed by atoms with E-state index in [1.54, 1.807) is 12.1 Å². The lowest BCUT2D eigenvalue weighted by Crippen LogP contribution is -2.13. The maximum absolute atomic E-state index is 12.6. The first-order chi connectivity index (χ1) is 11.8. The molecular weight excluding hydrogens is 332 g/mol. The Hall–Kier alpha value is -2.46. The average Bonchev–Trinajstić information content (AvgIpc) is 2.93. The van der Waals surface area contributed by atoms with Gasteiger partial charge in [-0.1, -0.05) is 45.0 Å². The lowest BCUT2D eigenvalue weighted by Gasteiger charge is -2.18. The van der Waals surface area contributed by atoms with Crippen LogP contribution in [0.4, 0.5) is 0 Å². The van der Waals surface area contributed by atoms with Gasteiger partial charge in [0.25, 0.3) is 0 Å². The van der Waals surface area contributed by atoms with Gasteiger partial charge in [0.15, 0.2) is 11.5 Å². The molecule has 0 unspecified atom stereocenters. The van der Waals surface area contributed by atoms with E-state index < -0.39 is 5.97 Å². The molecule has 0 saturated carbocycles. The third-order valence-corrected chi connectivity index (χ3v) is 5.30. The molecule has 1 heterocycles. The van der Waals surface area contributed by atoms with E-state index in [1.807, 2.05) is 36.4 Å². The fraction of sp³-hybridized carbons (Fsp3) is 0.238. The van der Waals surface area contributed by atoms with E-state index in [9.17, 15) is 9.59 Å². The number of ketones is 1. The molecule has 3 nitrogen and oxygen atoms in total. The number of thiophene rings is 1. The van der Waals surface area contributed by atoms with Gasteiger partial charge in [-0.3, -0.25) is 4.79 Å². The fourth-order valence-corrected chi connectivity index (χ4v) is 3.64. The van der Waals surface area contributed by atoms with Crippen LogP contribution in [0.15, 0.2) is 48.5 Å². The topological polar surface area (TPSA) is 43.4 Å². The van der Waals surface area contributed by atoms with Crippen molar-refractivity contribution in [2.45, 2.75) is 33.1 Å². The van der Waals surface area contributed by atoms with E-state index in [0.29, 0.717) is 16.2 Å². The standard InChI is InChI=1S/C21H20O3S/c1-13(22)19-18(16-7-5-6-8-17(16)25-19)24-20(23)14-9-11-15(12-10-14)21(2,3)4/h5-12H,1-4H3. The van der Waals surface area contributed by atoms with Gasteiger partial charge in [-0.15, -0.1) is 11.3 Å². The van der Waals surface area contributed by atoms with Crippen LogP contribution in [0.5, 0.6) is 5.75 Å². The molecule has 0 bridgehead atoms. The predicted molar refractivity (Wildman–Crippen MR) is 102 cm³/mol. The van der Waals surface area contributed by atoms with Crippen LogP contribution in [0.3, 0.4) is 0 Å². The SMILES string of the molecule is CC(=O)c1sc2ccccc2c1OC(=O)c1ccc(C(C)(C)C)cc1. The molecular formula is C21H20O3S. The minimum Gasteiger partial charge on any atom is -0.421 e. The zero-order valence-corrected chi connectivity index (χ0v) is 15.6. The van der Waals surface area contributed by atoms with Crippen molar-refractivity contribution < 1.29 is 14.3 Å². The number of carbonyl (C=O) groups is 2. The second-order valence-corrected chi connectivity index (χ2v) is 8.08. The second-order valence-electron chi connectivity index (χ2n) is 7.03. The van der Waals surface area contributed by atoms with E-state index in [2.05, 4.69) is 20.8 Å². The van der Waals surface area contributed by atoms with Crippen LogP contribution >= 0.6 is 11.3 Å². The third-order valence-electron chi connectivity index (χ3n) is 4.05. The van der Waals surface area contributed by atoms with Gasteiger partial charge < -0.3 is 4.74 Å². The van der Waals surface area contributed by atoms with E-state index >= 15 is 0 Å². The molecule has 0 fully saturated rings. The highest BCUT2D eigenvalue weighted by Gasteiger charge is 2.21. The Kier molecular flexibility index (Phi) is 4.48. The Balaban J connectivity index is 1.94. The van der Waals surface area contributed by atoms with E-state index in [1.165, 1.54) is 18.3 Å². The molecule has 0 saturated heterocycles. The molecule has 1 aromatic heterocycles. The van der Waals surface area contributed by atoms with Crippen LogP contribution in [0.25, 0.3) is 10.1 Å². The van der Waals surface area contributed by atoms with Crippen molar-refractivity contribution in [3.05, 3.63) is 64.5 Å². The molecule has 0 radical (unpaired) electrons. The molecule has 0 aliphatic heterocycles. The molecule has 2 aromatic carbocycles. The average molecular weight is 352 g/mol. The summed E-state index contributed by atoms with van der Waals surface area (Å²) in [6.45, 7) is 7.85. The summed E-state index contributed by atoms with van der Waals surface area (Å²) in [6, 6.07) is 15.0. The molecule has 0 amide bonds. The van der Waals surface area contributed by atoms with Crippen molar-refractivity contribution in [3.63, 3.8) is 0 Å². The van der Waals surface area contributed by atoms with Gasteiger partial charge in [-0.25, -0.2) is 4.79 Å². The van der Waals surface area contributed by atoms with E-state index in [4.69, 9.17) is 4.74 Å². The summed E-state index contributed by atoms with van der Waals surface area (Å²) in [5.41, 5.74) is 1.64. The van der Waals surface area contributed by atoms with Crippen molar-refractivity contribution in [2.75, 3.05) is 0 Å². The molecule has 25 heavy (non-hydrogen) atoms. The zero-order valence-electron chi connectivity index (χ0n) is 14.8. The Morgan fingerprint density at radius 1 is 0.960 bits per heavy atom. The summed E-state index contributed by atoms with van der Waals surface area (Å²) in [5, 5.41) is 0.789. The highest BCUT2D eigenvalue weighted by molar-refractivity contribution is 7.21. The smallest absolute Gasteiger partial charge is 0.343 e. The number of esters is 1. The van der Waals surface area contributed by atoms with Crippen molar-refractivity contribution in [1.82, 2.24) is 0 Å². The quantitative estimate of drug-likeness (QED) is 0.454. The van der Waals surface area contributed by atoms with Gasteiger partial charge in [-0.05, 0) is 35.2 Å². The van der Waals surface area contributed by atoms with Gasteiger partial charge in [0.05, 0.1) is 5.56 Å². The number of benzene rings is 2. The summed E-state index contributed by atoms with van der Waals surface area (Å²) < 4.78 is 6.55. The Labute approximate surface area is 151 Å². The van der Waals surface area contributed by atoms with Gasteiger partial charge >= 0.3 is 5.97 Å². The Morgan fingerprint density at radius 3 is 2.20 bits per heavy atom. The van der Waals surface area contributed by atoms with Gasteiger partial charge in [0, 0.05) is 17.0 Å². The number of hydrogen-bond acceptors (Lipinski definition) is 4. The monoisotopic (exact) mass is 352 g/mol. The number of ether oxygens (including phenoxy) is 1. The van der Waals surface area contributed by atoms with Crippen LogP contribution in [0.2, 0.25) is 0 Å². The van der Waals surface area contributed by atoms with Crippen molar-refractivity contribution in [3.8, 4) is 5.75 Å². The van der Waals surface area contributed by atoms with Crippen LogP contribution in [-0.2, 0) is 5.41 Å². The summed E-state index contributed by atoms with van der Waals surface area (Å²) >= 11 is 1.35. The summed E-state index contributed by atoms with van der Waals surface area (Å²) in [7, 11) is 0. The minimum atomic E-state index is -0.452. The lowest BCUT2D eigenvalue weighted by atomic mass is 9.87. The van der Waals surface area contributed by atoms with Crippen LogP contribution < -0.4 is 4.74 Å². The molecule has 3 aromatic rings. The van der Waals surface area contributed by atoms with Gasteiger partial charge in [-0.2, -0.15) is 0 Å². The highest BCUT2D eigenvalue weighted by atomic mass is 32.1. The van der Waals surface area contributed by atoms with Gasteiger partial charge in [0.2, 0.25) is 0 Å². The first-order valence-electron chi connectivity index (χ1n) is 8.12. The number of rotatable bonds is 3. The normalized spacial score (nSPS) is 11.5. The largest absolute Gasteiger partial charge is 0.421 e. The summed E-state index contributed by atoms with van der Waals surface area (Å²) in [6.07, 6.45) is 0. The van der Waals surface area contributed by atoms with E-state index in [-0.39, 0.29) is 11.2 Å². The van der Waals surface area contributed by atoms with Crippen molar-refractivity contribution in [2.24, 2.45) is 0 Å². The maximum Gasteiger partial charge on any atom is 0.343 e. The first kappa shape index (κ1) is 17.4. The van der Waals surface area contributed by atoms with Crippen molar-refractivity contribution in [1.29, 1.82) is 0 Å². The Bertz CT molecular complexity index is 943. The lowest BCUT2D eigenvalue weighted by molar-refractivity contribution is 0.0736. The number of hydrogen-bond donors (Lipinski definition) is 0. The Morgan fingerprint density at radius 2 is 1.60 bits per heavy atom. The van der Waals surface area contributed by atoms with Crippen LogP contribution in [0.1, 0.15) is 53.3 Å². The molecule has 0 aliphatic rings. The molecule has 128 valence electrons. The third kappa shape index (κ3) is 3.49. The fourth-order valence-electron chi connectivity index (χ4n) is 2.61. The molecule has 0 atom stereocenters. The zero-order chi connectivity index (χ0) is 18.2. The predicted octanol–water partition coefficient (Wildman–Crippen LogP) is 5.62. The van der Waals surface area contributed by atoms with Crippen LogP contribution in [-0.4, -0.2) is 11.8 Å². The molecule has 4 heteroatoms. The molecule has 0 aliphatic carbocycles. The van der Waals surface area contributed by atoms with Crippen molar-refractivity contribution >= 4 is 33.2 Å². The number of fused-ring (bicyclic) bond motifs is 1. The first-order valence-corrected chi connectivity index (χ1v) is 8.94. The summed E-state index contributed by atoms with van der Waals surface area (Å²) in [4.78, 5) is 25.0. The van der Waals surface area contributed by atoms with E-state index in [0.717, 1.165) is 15.6 Å². The molecule has 0 N–H and O–H groups in total. The molecule has 3 rings (SSSR count). The second kappa shape index (κ2) is 6.45. The van der Waals surface area contributed by atoms with Gasteiger partial charge in [0.1, 0.15) is 4.88 Å². The highest BCUT2D eigenvalue weighted by Crippen LogP contribution is 2.38. The molecule has 0 spiro atoms. The summed E-state index contributed by atoms with van der Waals surface area (Å²) in [5.74, 6) is -0.198. The maximum atomic E-state index is 12.6. The minimum absolute atomic E-state index is 0.0216. The number of carbonyl (C=O) groups excluding carboxylic acids is 2.